The monoisotopic (exact) mass is 385 g/mol. The molecule has 0 saturated heterocycles. The molecular weight excluding hydrogens is 366 g/mol. The van der Waals surface area contributed by atoms with Gasteiger partial charge in [0.05, 0.1) is 11.8 Å². The number of hydrogen-bond donors (Lipinski definition) is 3. The van der Waals surface area contributed by atoms with Gasteiger partial charge in [-0.25, -0.2) is 0 Å². The molecule has 27 heavy (non-hydrogen) atoms. The van der Waals surface area contributed by atoms with Crippen molar-refractivity contribution in [1.82, 2.24) is 0 Å². The molecule has 2 unspecified atom stereocenters. The van der Waals surface area contributed by atoms with Crippen molar-refractivity contribution in [3.63, 3.8) is 0 Å². The van der Waals surface area contributed by atoms with E-state index in [0.717, 1.165) is 5.56 Å². The average Bonchev–Trinajstić information content (AvgIpc) is 3.40. The highest BCUT2D eigenvalue weighted by Crippen LogP contribution is 2.40. The fourth-order valence-corrected chi connectivity index (χ4v) is 2.94. The second kappa shape index (κ2) is 7.80. The minimum absolute atomic E-state index is 0.159. The Balaban J connectivity index is 1.53. The van der Waals surface area contributed by atoms with Gasteiger partial charge in [-0.15, -0.1) is 0 Å². The largest absolute Gasteiger partial charge is 0.326 e. The van der Waals surface area contributed by atoms with E-state index in [4.69, 9.17) is 11.6 Å². The molecule has 0 spiro atoms. The first-order valence-electron chi connectivity index (χ1n) is 8.59. The molecule has 0 aromatic heterocycles. The summed E-state index contributed by atoms with van der Waals surface area (Å²) in [6, 6.07) is 12.1. The zero-order valence-electron chi connectivity index (χ0n) is 15.0. The van der Waals surface area contributed by atoms with Crippen LogP contribution in [0.5, 0.6) is 0 Å². The van der Waals surface area contributed by atoms with Gasteiger partial charge in [-0.05, 0) is 55.3 Å². The maximum atomic E-state index is 12.3. The van der Waals surface area contributed by atoms with Gasteiger partial charge in [0.1, 0.15) is 0 Å². The Hall–Kier alpha value is -2.86. The van der Waals surface area contributed by atoms with Crippen molar-refractivity contribution >= 4 is 46.4 Å². The molecule has 2 aromatic rings. The van der Waals surface area contributed by atoms with Gasteiger partial charge >= 0.3 is 0 Å². The fraction of sp³-hybridized carbons (Fsp3) is 0.250. The van der Waals surface area contributed by atoms with Crippen molar-refractivity contribution in [2.75, 3.05) is 16.0 Å². The van der Waals surface area contributed by atoms with Crippen LogP contribution in [0.2, 0.25) is 5.02 Å². The summed E-state index contributed by atoms with van der Waals surface area (Å²) >= 11 is 6.06. The Morgan fingerprint density at radius 1 is 0.852 bits per heavy atom. The second-order valence-electron chi connectivity index (χ2n) is 6.65. The number of carbonyl (C=O) groups excluding carboxylic acids is 3. The summed E-state index contributed by atoms with van der Waals surface area (Å²) in [6.45, 7) is 3.32. The quantitative estimate of drug-likeness (QED) is 0.731. The van der Waals surface area contributed by atoms with Crippen LogP contribution in [-0.4, -0.2) is 17.7 Å². The molecule has 7 heteroatoms. The van der Waals surface area contributed by atoms with Crippen LogP contribution in [0.4, 0.5) is 17.1 Å². The Morgan fingerprint density at radius 2 is 1.33 bits per heavy atom. The standard InChI is InChI=1S/C20H20ClN3O3/c1-11-3-4-15(9-18(11)21)24-20(27)17-10-16(17)19(26)23-14-7-5-13(6-8-14)22-12(2)25/h3-9,16-17H,10H2,1-2H3,(H,22,25)(H,23,26)(H,24,27). The Morgan fingerprint density at radius 3 is 1.85 bits per heavy atom. The molecule has 2 atom stereocenters. The number of benzene rings is 2. The molecule has 0 aliphatic heterocycles. The van der Waals surface area contributed by atoms with Gasteiger partial charge < -0.3 is 16.0 Å². The third-order valence-corrected chi connectivity index (χ3v) is 4.78. The molecular formula is C20H20ClN3O3. The predicted octanol–water partition coefficient (Wildman–Crippen LogP) is 3.82. The Kier molecular flexibility index (Phi) is 5.46. The predicted molar refractivity (Wildman–Crippen MR) is 106 cm³/mol. The smallest absolute Gasteiger partial charge is 0.228 e. The van der Waals surface area contributed by atoms with E-state index in [9.17, 15) is 14.4 Å². The lowest BCUT2D eigenvalue weighted by Crippen LogP contribution is -2.20. The van der Waals surface area contributed by atoms with E-state index < -0.39 is 0 Å². The molecule has 1 aliphatic rings. The zero-order chi connectivity index (χ0) is 19.6. The Bertz CT molecular complexity index is 896. The summed E-state index contributed by atoms with van der Waals surface area (Å²) in [4.78, 5) is 35.6. The number of halogens is 1. The second-order valence-corrected chi connectivity index (χ2v) is 7.06. The highest BCUT2D eigenvalue weighted by Gasteiger charge is 2.48. The molecule has 6 nitrogen and oxygen atoms in total. The first kappa shape index (κ1) is 18.9. The summed E-state index contributed by atoms with van der Waals surface area (Å²) < 4.78 is 0. The number of amides is 3. The first-order chi connectivity index (χ1) is 12.8. The van der Waals surface area contributed by atoms with Gasteiger partial charge in [-0.3, -0.25) is 14.4 Å². The Labute approximate surface area is 162 Å². The van der Waals surface area contributed by atoms with Gasteiger partial charge in [0.2, 0.25) is 17.7 Å². The molecule has 3 rings (SSSR count). The molecule has 3 amide bonds. The van der Waals surface area contributed by atoms with Gasteiger partial charge in [0, 0.05) is 29.0 Å². The van der Waals surface area contributed by atoms with Crippen LogP contribution in [0.3, 0.4) is 0 Å². The van der Waals surface area contributed by atoms with E-state index in [2.05, 4.69) is 16.0 Å². The van der Waals surface area contributed by atoms with E-state index in [-0.39, 0.29) is 29.6 Å². The highest BCUT2D eigenvalue weighted by atomic mass is 35.5. The van der Waals surface area contributed by atoms with Crippen LogP contribution in [0, 0.1) is 18.8 Å². The number of aryl methyl sites for hydroxylation is 1. The molecule has 1 saturated carbocycles. The van der Waals surface area contributed by atoms with Crippen molar-refractivity contribution in [3.8, 4) is 0 Å². The van der Waals surface area contributed by atoms with E-state index in [1.807, 2.05) is 13.0 Å². The number of anilines is 3. The number of nitrogens with one attached hydrogen (secondary N) is 3. The lowest BCUT2D eigenvalue weighted by atomic mass is 10.2. The summed E-state index contributed by atoms with van der Waals surface area (Å²) in [7, 11) is 0. The SMILES string of the molecule is CC(=O)Nc1ccc(NC(=O)C2CC2C(=O)Nc2ccc(C)c(Cl)c2)cc1. The maximum absolute atomic E-state index is 12.3. The molecule has 0 heterocycles. The van der Waals surface area contributed by atoms with Crippen LogP contribution in [0.15, 0.2) is 42.5 Å². The highest BCUT2D eigenvalue weighted by molar-refractivity contribution is 6.31. The van der Waals surface area contributed by atoms with Crippen LogP contribution < -0.4 is 16.0 Å². The zero-order valence-corrected chi connectivity index (χ0v) is 15.8. The van der Waals surface area contributed by atoms with Gasteiger partial charge in [0.15, 0.2) is 0 Å². The van der Waals surface area contributed by atoms with Gasteiger partial charge in [0.25, 0.3) is 0 Å². The summed E-state index contributed by atoms with van der Waals surface area (Å²) in [6.07, 6.45) is 0.515. The normalized spacial score (nSPS) is 17.7. The number of hydrogen-bond acceptors (Lipinski definition) is 3. The average molecular weight is 386 g/mol. The van der Waals surface area contributed by atoms with Crippen LogP contribution in [0.25, 0.3) is 0 Å². The summed E-state index contributed by atoms with van der Waals surface area (Å²) in [5, 5.41) is 8.84. The fourth-order valence-electron chi connectivity index (χ4n) is 2.76. The topological polar surface area (TPSA) is 87.3 Å². The molecule has 2 aromatic carbocycles. The number of rotatable bonds is 5. The third kappa shape index (κ3) is 4.86. The van der Waals surface area contributed by atoms with Crippen molar-refractivity contribution in [2.24, 2.45) is 11.8 Å². The third-order valence-electron chi connectivity index (χ3n) is 4.38. The molecule has 3 N–H and O–H groups in total. The maximum Gasteiger partial charge on any atom is 0.228 e. The lowest BCUT2D eigenvalue weighted by Gasteiger charge is -2.08. The van der Waals surface area contributed by atoms with E-state index in [0.29, 0.717) is 28.5 Å². The molecule has 0 radical (unpaired) electrons. The van der Waals surface area contributed by atoms with Gasteiger partial charge in [-0.2, -0.15) is 0 Å². The van der Waals surface area contributed by atoms with Crippen molar-refractivity contribution in [3.05, 3.63) is 53.1 Å². The van der Waals surface area contributed by atoms with E-state index in [1.165, 1.54) is 6.92 Å². The van der Waals surface area contributed by atoms with Crippen LogP contribution >= 0.6 is 11.6 Å². The van der Waals surface area contributed by atoms with E-state index in [1.54, 1.807) is 36.4 Å². The van der Waals surface area contributed by atoms with Crippen LogP contribution in [-0.2, 0) is 14.4 Å². The van der Waals surface area contributed by atoms with Crippen LogP contribution in [0.1, 0.15) is 18.9 Å². The summed E-state index contributed by atoms with van der Waals surface area (Å²) in [5.74, 6) is -1.22. The molecule has 0 bridgehead atoms. The lowest BCUT2D eigenvalue weighted by molar-refractivity contribution is -0.122. The number of carbonyl (C=O) groups is 3. The first-order valence-corrected chi connectivity index (χ1v) is 8.97. The summed E-state index contributed by atoms with van der Waals surface area (Å²) in [5.41, 5.74) is 2.82. The minimum atomic E-state index is -0.346. The minimum Gasteiger partial charge on any atom is -0.326 e. The van der Waals surface area contributed by atoms with Crippen molar-refractivity contribution in [1.29, 1.82) is 0 Å². The van der Waals surface area contributed by atoms with Gasteiger partial charge in [-0.1, -0.05) is 17.7 Å². The molecule has 1 aliphatic carbocycles. The molecule has 140 valence electrons. The van der Waals surface area contributed by atoms with Crippen molar-refractivity contribution in [2.45, 2.75) is 20.3 Å². The van der Waals surface area contributed by atoms with Crippen molar-refractivity contribution < 1.29 is 14.4 Å². The van der Waals surface area contributed by atoms with E-state index >= 15 is 0 Å². The molecule has 1 fully saturated rings.